The molecule has 0 saturated carbocycles. The standard InChI is InChI=1S/C19H25N3O4S.CH2O2/c1-21-11-8-20-18(21)14-25-16-3-4-17-15(13-16)5-12-26-19(17)6-9-22(10-7-19)27(2,23)24;2-1-3/h3-4,8,11,13H,5-7,9-10,12,14H2,1-2H3;1H,(H,2,3). The normalized spacial score (nSPS) is 18.2. The minimum Gasteiger partial charge on any atom is -0.486 e. The number of hydrogen-bond acceptors (Lipinski definition) is 6. The molecule has 0 amide bonds. The van der Waals surface area contributed by atoms with Crippen molar-refractivity contribution in [3.05, 3.63) is 47.5 Å². The van der Waals surface area contributed by atoms with Crippen molar-refractivity contribution in [1.82, 2.24) is 13.9 Å². The van der Waals surface area contributed by atoms with Gasteiger partial charge in [-0.3, -0.25) is 4.79 Å². The molecule has 9 nitrogen and oxygen atoms in total. The Bertz CT molecular complexity index is 980. The highest BCUT2D eigenvalue weighted by Crippen LogP contribution is 2.42. The van der Waals surface area contributed by atoms with Crippen LogP contribution in [0.1, 0.15) is 29.8 Å². The lowest BCUT2D eigenvalue weighted by molar-refractivity contribution is -0.122. The third kappa shape index (κ3) is 4.82. The Hall–Kier alpha value is -2.43. The highest BCUT2D eigenvalue weighted by Gasteiger charge is 2.42. The van der Waals surface area contributed by atoms with E-state index < -0.39 is 10.0 Å². The van der Waals surface area contributed by atoms with Crippen LogP contribution in [0.3, 0.4) is 0 Å². The number of ether oxygens (including phenoxy) is 2. The molecule has 0 radical (unpaired) electrons. The lowest BCUT2D eigenvalue weighted by Crippen LogP contribution is -2.48. The number of sulfonamides is 1. The van der Waals surface area contributed by atoms with E-state index in [1.165, 1.54) is 17.4 Å². The number of benzene rings is 1. The molecule has 1 aromatic heterocycles. The predicted molar refractivity (Wildman–Crippen MR) is 110 cm³/mol. The Labute approximate surface area is 176 Å². The van der Waals surface area contributed by atoms with Gasteiger partial charge >= 0.3 is 0 Å². The van der Waals surface area contributed by atoms with Gasteiger partial charge in [0.05, 0.1) is 18.5 Å². The van der Waals surface area contributed by atoms with Crippen LogP contribution in [0.5, 0.6) is 5.75 Å². The molecule has 0 atom stereocenters. The van der Waals surface area contributed by atoms with Crippen molar-refractivity contribution < 1.29 is 27.8 Å². The molecule has 2 aliphatic rings. The second-order valence-corrected chi connectivity index (χ2v) is 9.40. The Balaban J connectivity index is 0.000000806. The van der Waals surface area contributed by atoms with E-state index in [0.717, 1.165) is 18.0 Å². The molecule has 1 fully saturated rings. The first kappa shape index (κ1) is 22.3. The molecule has 1 N–H and O–H groups in total. The molecular formula is C20H27N3O6S. The summed E-state index contributed by atoms with van der Waals surface area (Å²) in [6, 6.07) is 6.14. The van der Waals surface area contributed by atoms with Crippen LogP contribution >= 0.6 is 0 Å². The van der Waals surface area contributed by atoms with Gasteiger partial charge in [0.2, 0.25) is 10.0 Å². The van der Waals surface area contributed by atoms with Crippen LogP contribution in [-0.2, 0) is 45.2 Å². The summed E-state index contributed by atoms with van der Waals surface area (Å²) < 4.78 is 39.2. The monoisotopic (exact) mass is 437 g/mol. The average molecular weight is 438 g/mol. The third-order valence-electron chi connectivity index (χ3n) is 5.61. The molecule has 1 spiro atoms. The fourth-order valence-electron chi connectivity index (χ4n) is 4.02. The summed E-state index contributed by atoms with van der Waals surface area (Å²) in [5.74, 6) is 1.70. The van der Waals surface area contributed by atoms with Crippen LogP contribution in [0.4, 0.5) is 0 Å². The molecule has 0 aliphatic carbocycles. The summed E-state index contributed by atoms with van der Waals surface area (Å²) in [5, 5.41) is 6.89. The molecule has 2 aliphatic heterocycles. The molecule has 4 rings (SSSR count). The molecule has 0 bridgehead atoms. The minimum absolute atomic E-state index is 0.250. The van der Waals surface area contributed by atoms with Gasteiger partial charge in [-0.05, 0) is 42.5 Å². The molecule has 1 saturated heterocycles. The number of carboxylic acid groups (broad SMARTS) is 1. The first-order valence-corrected chi connectivity index (χ1v) is 11.5. The van der Waals surface area contributed by atoms with E-state index in [1.54, 1.807) is 10.5 Å². The van der Waals surface area contributed by atoms with Crippen LogP contribution in [0.15, 0.2) is 30.6 Å². The molecule has 1 aromatic carbocycles. The van der Waals surface area contributed by atoms with Crippen molar-refractivity contribution in [3.8, 4) is 5.75 Å². The number of piperidine rings is 1. The van der Waals surface area contributed by atoms with Crippen LogP contribution < -0.4 is 4.74 Å². The number of carbonyl (C=O) groups is 1. The number of fused-ring (bicyclic) bond motifs is 2. The van der Waals surface area contributed by atoms with Crippen molar-refractivity contribution in [2.24, 2.45) is 7.05 Å². The SMILES string of the molecule is Cn1ccnc1COc1ccc2c(c1)CCOC21CCN(S(C)(=O)=O)CC1.O=CO. The van der Waals surface area contributed by atoms with E-state index in [4.69, 9.17) is 19.4 Å². The second kappa shape index (κ2) is 9.15. The smallest absolute Gasteiger partial charge is 0.290 e. The summed E-state index contributed by atoms with van der Waals surface area (Å²) in [5.41, 5.74) is 2.02. The first-order chi connectivity index (χ1) is 14.3. The summed E-state index contributed by atoms with van der Waals surface area (Å²) >= 11 is 0. The van der Waals surface area contributed by atoms with Gasteiger partial charge in [-0.15, -0.1) is 0 Å². The first-order valence-electron chi connectivity index (χ1n) is 9.68. The van der Waals surface area contributed by atoms with E-state index in [1.807, 2.05) is 23.9 Å². The van der Waals surface area contributed by atoms with Gasteiger partial charge in [0.1, 0.15) is 18.2 Å². The highest BCUT2D eigenvalue weighted by atomic mass is 32.2. The van der Waals surface area contributed by atoms with Crippen molar-refractivity contribution in [2.45, 2.75) is 31.5 Å². The van der Waals surface area contributed by atoms with Crippen molar-refractivity contribution in [1.29, 1.82) is 0 Å². The maximum atomic E-state index is 11.8. The zero-order chi connectivity index (χ0) is 21.8. The lowest BCUT2D eigenvalue weighted by atomic mass is 9.80. The average Bonchev–Trinajstić information content (AvgIpc) is 3.12. The predicted octanol–water partition coefficient (Wildman–Crippen LogP) is 1.52. The summed E-state index contributed by atoms with van der Waals surface area (Å²) in [6.07, 6.45) is 7.13. The molecular weight excluding hydrogens is 410 g/mol. The zero-order valence-electron chi connectivity index (χ0n) is 17.2. The van der Waals surface area contributed by atoms with E-state index in [2.05, 4.69) is 17.1 Å². The van der Waals surface area contributed by atoms with Crippen LogP contribution in [0, 0.1) is 0 Å². The summed E-state index contributed by atoms with van der Waals surface area (Å²) in [7, 11) is -1.20. The van der Waals surface area contributed by atoms with Gasteiger partial charge in [0.15, 0.2) is 0 Å². The number of nitrogens with zero attached hydrogens (tertiary/aromatic N) is 3. The minimum atomic E-state index is -3.15. The van der Waals surface area contributed by atoms with Crippen LogP contribution in [-0.4, -0.2) is 59.8 Å². The van der Waals surface area contributed by atoms with Crippen LogP contribution in [0.2, 0.25) is 0 Å². The quantitative estimate of drug-likeness (QED) is 0.722. The zero-order valence-corrected chi connectivity index (χ0v) is 18.0. The molecule has 2 aromatic rings. The highest BCUT2D eigenvalue weighted by molar-refractivity contribution is 7.88. The summed E-state index contributed by atoms with van der Waals surface area (Å²) in [6.45, 7) is 1.81. The van der Waals surface area contributed by atoms with E-state index in [0.29, 0.717) is 39.1 Å². The molecule has 3 heterocycles. The van der Waals surface area contributed by atoms with E-state index >= 15 is 0 Å². The molecule has 30 heavy (non-hydrogen) atoms. The topological polar surface area (TPSA) is 111 Å². The Morgan fingerprint density at radius 2 is 2.03 bits per heavy atom. The van der Waals surface area contributed by atoms with E-state index in [-0.39, 0.29) is 12.1 Å². The van der Waals surface area contributed by atoms with Gasteiger partial charge in [0, 0.05) is 32.5 Å². The van der Waals surface area contributed by atoms with Gasteiger partial charge in [-0.1, -0.05) is 6.07 Å². The lowest BCUT2D eigenvalue weighted by Gasteiger charge is -2.44. The number of hydrogen-bond donors (Lipinski definition) is 1. The van der Waals surface area contributed by atoms with Gasteiger partial charge in [0.25, 0.3) is 6.47 Å². The van der Waals surface area contributed by atoms with Gasteiger partial charge < -0.3 is 19.1 Å². The number of rotatable bonds is 4. The summed E-state index contributed by atoms with van der Waals surface area (Å²) in [4.78, 5) is 12.6. The Kier molecular flexibility index (Phi) is 6.79. The second-order valence-electron chi connectivity index (χ2n) is 7.42. The van der Waals surface area contributed by atoms with Crippen molar-refractivity contribution >= 4 is 16.5 Å². The van der Waals surface area contributed by atoms with Crippen molar-refractivity contribution in [2.75, 3.05) is 26.0 Å². The molecule has 10 heteroatoms. The Morgan fingerprint density at radius 3 is 2.63 bits per heavy atom. The number of aromatic nitrogens is 2. The largest absolute Gasteiger partial charge is 0.486 e. The molecule has 164 valence electrons. The maximum absolute atomic E-state index is 11.8. The van der Waals surface area contributed by atoms with Crippen molar-refractivity contribution in [3.63, 3.8) is 0 Å². The van der Waals surface area contributed by atoms with Gasteiger partial charge in [-0.2, -0.15) is 0 Å². The van der Waals surface area contributed by atoms with E-state index in [9.17, 15) is 8.42 Å². The number of aryl methyl sites for hydroxylation is 1. The Morgan fingerprint density at radius 1 is 1.33 bits per heavy atom. The van der Waals surface area contributed by atoms with Gasteiger partial charge in [-0.25, -0.2) is 17.7 Å². The van der Waals surface area contributed by atoms with Crippen LogP contribution in [0.25, 0.3) is 0 Å². The fourth-order valence-corrected chi connectivity index (χ4v) is 4.87. The maximum Gasteiger partial charge on any atom is 0.290 e. The molecule has 0 unspecified atom stereocenters. The number of imidazole rings is 1. The third-order valence-corrected chi connectivity index (χ3v) is 6.91. The fraction of sp³-hybridized carbons (Fsp3) is 0.500.